The molecule has 0 aliphatic carbocycles. The van der Waals surface area contributed by atoms with Crippen LogP contribution in [0.15, 0.2) is 24.3 Å². The normalized spacial score (nSPS) is 11.5. The molecule has 1 rings (SSSR count). The SMILES string of the molecule is CCCCCCCCC(CCCCCCC)(CCCCCCC)OC(=O)c1ccccc1C(=O)O. The van der Waals surface area contributed by atoms with E-state index in [-0.39, 0.29) is 11.1 Å². The summed E-state index contributed by atoms with van der Waals surface area (Å²) in [6, 6.07) is 6.45. The van der Waals surface area contributed by atoms with E-state index in [2.05, 4.69) is 20.8 Å². The van der Waals surface area contributed by atoms with Gasteiger partial charge in [0.05, 0.1) is 11.1 Å². The largest absolute Gasteiger partial charge is 0.478 e. The quantitative estimate of drug-likeness (QED) is 0.130. The molecule has 0 aromatic heterocycles. The Morgan fingerprint density at radius 3 is 1.40 bits per heavy atom. The van der Waals surface area contributed by atoms with Crippen molar-refractivity contribution in [3.8, 4) is 0 Å². The number of hydrogen-bond acceptors (Lipinski definition) is 3. The zero-order valence-corrected chi connectivity index (χ0v) is 22.9. The number of carbonyl (C=O) groups is 2. The summed E-state index contributed by atoms with van der Waals surface area (Å²) in [5, 5.41) is 9.60. The summed E-state index contributed by atoms with van der Waals surface area (Å²) < 4.78 is 6.35. The van der Waals surface area contributed by atoms with Crippen molar-refractivity contribution < 1.29 is 19.4 Å². The van der Waals surface area contributed by atoms with Gasteiger partial charge in [-0.2, -0.15) is 0 Å². The minimum Gasteiger partial charge on any atom is -0.478 e. The van der Waals surface area contributed by atoms with Crippen molar-refractivity contribution >= 4 is 11.9 Å². The van der Waals surface area contributed by atoms with Gasteiger partial charge in [0.25, 0.3) is 0 Å². The van der Waals surface area contributed by atoms with Gasteiger partial charge in [0, 0.05) is 0 Å². The van der Waals surface area contributed by atoms with Gasteiger partial charge in [-0.25, -0.2) is 9.59 Å². The fourth-order valence-electron chi connectivity index (χ4n) is 4.96. The number of hydrogen-bond donors (Lipinski definition) is 1. The smallest absolute Gasteiger partial charge is 0.339 e. The zero-order chi connectivity index (χ0) is 25.8. The lowest BCUT2D eigenvalue weighted by Crippen LogP contribution is -2.36. The third kappa shape index (κ3) is 13.2. The van der Waals surface area contributed by atoms with Crippen molar-refractivity contribution in [2.45, 2.75) is 148 Å². The van der Waals surface area contributed by atoms with Crippen molar-refractivity contribution in [1.29, 1.82) is 0 Å². The van der Waals surface area contributed by atoms with E-state index in [0.29, 0.717) is 0 Å². The molecule has 0 spiro atoms. The highest BCUT2D eigenvalue weighted by atomic mass is 16.6. The first-order chi connectivity index (χ1) is 17.0. The van der Waals surface area contributed by atoms with Crippen LogP contribution in [-0.2, 0) is 4.74 Å². The Labute approximate surface area is 215 Å². The van der Waals surface area contributed by atoms with E-state index in [1.165, 1.54) is 70.3 Å². The molecule has 0 saturated carbocycles. The highest BCUT2D eigenvalue weighted by Crippen LogP contribution is 2.34. The fourth-order valence-corrected chi connectivity index (χ4v) is 4.96. The Hall–Kier alpha value is -1.84. The Kier molecular flexibility index (Phi) is 17.3. The topological polar surface area (TPSA) is 63.6 Å². The predicted octanol–water partition coefficient (Wildman–Crippen LogP) is 9.75. The molecule has 0 fully saturated rings. The number of ether oxygens (including phenoxy) is 1. The van der Waals surface area contributed by atoms with Crippen LogP contribution in [0, 0.1) is 0 Å². The summed E-state index contributed by atoms with van der Waals surface area (Å²) in [5.74, 6) is -1.56. The van der Waals surface area contributed by atoms with Crippen molar-refractivity contribution in [2.24, 2.45) is 0 Å². The molecule has 0 aliphatic heterocycles. The van der Waals surface area contributed by atoms with Crippen LogP contribution in [0.3, 0.4) is 0 Å². The molecular formula is C31H52O4. The van der Waals surface area contributed by atoms with E-state index in [1.807, 2.05) is 0 Å². The van der Waals surface area contributed by atoms with E-state index in [4.69, 9.17) is 4.74 Å². The zero-order valence-electron chi connectivity index (χ0n) is 22.9. The van der Waals surface area contributed by atoms with Gasteiger partial charge in [-0.15, -0.1) is 0 Å². The molecule has 200 valence electrons. The van der Waals surface area contributed by atoms with E-state index in [9.17, 15) is 14.7 Å². The molecule has 0 amide bonds. The molecule has 0 unspecified atom stereocenters. The molecule has 0 atom stereocenters. The molecule has 4 nitrogen and oxygen atoms in total. The first-order valence-electron chi connectivity index (χ1n) is 14.5. The first kappa shape index (κ1) is 31.2. The van der Waals surface area contributed by atoms with Crippen LogP contribution in [0.1, 0.15) is 163 Å². The Morgan fingerprint density at radius 1 is 0.629 bits per heavy atom. The number of rotatable bonds is 22. The van der Waals surface area contributed by atoms with Crippen LogP contribution < -0.4 is 0 Å². The highest BCUT2D eigenvalue weighted by molar-refractivity contribution is 6.02. The number of carbonyl (C=O) groups excluding carboxylic acids is 1. The lowest BCUT2D eigenvalue weighted by atomic mass is 9.84. The molecule has 0 saturated heterocycles. The van der Waals surface area contributed by atoms with Gasteiger partial charge < -0.3 is 9.84 Å². The maximum absolute atomic E-state index is 13.3. The Bertz CT molecular complexity index is 683. The number of aromatic carboxylic acids is 1. The standard InChI is InChI=1S/C31H52O4/c1-4-7-10-13-16-21-26-31(24-19-14-11-8-5-2,25-20-15-12-9-6-3)35-30(34)28-23-18-17-22-27(28)29(32)33/h17-18,22-23H,4-16,19-21,24-26H2,1-3H3,(H,32,33). The Morgan fingerprint density at radius 2 is 1.00 bits per heavy atom. The molecule has 0 radical (unpaired) electrons. The molecule has 0 aliphatic rings. The van der Waals surface area contributed by atoms with Crippen molar-refractivity contribution in [2.75, 3.05) is 0 Å². The second-order valence-electron chi connectivity index (χ2n) is 10.3. The van der Waals surface area contributed by atoms with Gasteiger partial charge in [-0.3, -0.25) is 0 Å². The van der Waals surface area contributed by atoms with Crippen LogP contribution in [-0.4, -0.2) is 22.6 Å². The van der Waals surface area contributed by atoms with E-state index >= 15 is 0 Å². The van der Waals surface area contributed by atoms with Gasteiger partial charge >= 0.3 is 11.9 Å². The molecule has 1 N–H and O–H groups in total. The van der Waals surface area contributed by atoms with Gasteiger partial charge in [0.15, 0.2) is 0 Å². The molecular weight excluding hydrogens is 436 g/mol. The molecule has 35 heavy (non-hydrogen) atoms. The van der Waals surface area contributed by atoms with Crippen LogP contribution in [0.2, 0.25) is 0 Å². The van der Waals surface area contributed by atoms with Gasteiger partial charge in [-0.1, -0.05) is 116 Å². The lowest BCUT2D eigenvalue weighted by Gasteiger charge is -2.34. The summed E-state index contributed by atoms with van der Waals surface area (Å²) >= 11 is 0. The summed E-state index contributed by atoms with van der Waals surface area (Å²) in [6.07, 6.45) is 21.6. The van der Waals surface area contributed by atoms with Gasteiger partial charge in [0.2, 0.25) is 0 Å². The number of esters is 1. The number of benzene rings is 1. The molecule has 4 heteroatoms. The van der Waals surface area contributed by atoms with Crippen LogP contribution in [0.4, 0.5) is 0 Å². The summed E-state index contributed by atoms with van der Waals surface area (Å²) in [5.41, 5.74) is -0.299. The van der Waals surface area contributed by atoms with E-state index in [0.717, 1.165) is 57.8 Å². The molecule has 1 aromatic carbocycles. The molecule has 1 aromatic rings. The average molecular weight is 489 g/mol. The summed E-state index contributed by atoms with van der Waals surface area (Å²) in [7, 11) is 0. The maximum atomic E-state index is 13.3. The molecule has 0 bridgehead atoms. The van der Waals surface area contributed by atoms with Gasteiger partial charge in [-0.05, 0) is 50.7 Å². The van der Waals surface area contributed by atoms with Crippen molar-refractivity contribution in [1.82, 2.24) is 0 Å². The van der Waals surface area contributed by atoms with Crippen molar-refractivity contribution in [3.05, 3.63) is 35.4 Å². The minimum atomic E-state index is -1.08. The van der Waals surface area contributed by atoms with E-state index < -0.39 is 17.5 Å². The third-order valence-electron chi connectivity index (χ3n) is 7.14. The minimum absolute atomic E-state index is 0.0249. The van der Waals surface area contributed by atoms with Crippen LogP contribution >= 0.6 is 0 Å². The average Bonchev–Trinajstić information content (AvgIpc) is 2.85. The van der Waals surface area contributed by atoms with Crippen LogP contribution in [0.25, 0.3) is 0 Å². The summed E-state index contributed by atoms with van der Waals surface area (Å²) in [4.78, 5) is 25.1. The van der Waals surface area contributed by atoms with Gasteiger partial charge in [0.1, 0.15) is 5.60 Å². The second kappa shape index (κ2) is 19.4. The monoisotopic (exact) mass is 488 g/mol. The second-order valence-corrected chi connectivity index (χ2v) is 10.3. The number of unbranched alkanes of at least 4 members (excludes halogenated alkanes) is 13. The number of carboxylic acids is 1. The lowest BCUT2D eigenvalue weighted by molar-refractivity contribution is -0.0362. The predicted molar refractivity (Wildman–Crippen MR) is 146 cm³/mol. The van der Waals surface area contributed by atoms with Crippen molar-refractivity contribution in [3.63, 3.8) is 0 Å². The summed E-state index contributed by atoms with van der Waals surface area (Å²) in [6.45, 7) is 6.68. The number of carboxylic acid groups (broad SMARTS) is 1. The third-order valence-corrected chi connectivity index (χ3v) is 7.14. The van der Waals surface area contributed by atoms with Crippen LogP contribution in [0.5, 0.6) is 0 Å². The first-order valence-corrected chi connectivity index (χ1v) is 14.5. The van der Waals surface area contributed by atoms with E-state index in [1.54, 1.807) is 18.2 Å². The fraction of sp³-hybridized carbons (Fsp3) is 0.742. The maximum Gasteiger partial charge on any atom is 0.339 e. The highest BCUT2D eigenvalue weighted by Gasteiger charge is 2.34. The Balaban J connectivity index is 3.01. The molecule has 0 heterocycles.